The zero-order chi connectivity index (χ0) is 13.8. The minimum atomic E-state index is 0.0590. The van der Waals surface area contributed by atoms with Crippen LogP contribution in [0.2, 0.25) is 0 Å². The van der Waals surface area contributed by atoms with Crippen LogP contribution in [-0.2, 0) is 0 Å². The highest BCUT2D eigenvalue weighted by atomic mass is 32.2. The van der Waals surface area contributed by atoms with Gasteiger partial charge in [0.2, 0.25) is 5.89 Å². The lowest BCUT2D eigenvalue weighted by atomic mass is 10.2. The molecular formula is C11H12N4O2S2. The van der Waals surface area contributed by atoms with Crippen LogP contribution >= 0.6 is 23.5 Å². The van der Waals surface area contributed by atoms with Crippen molar-refractivity contribution < 1.29 is 9.62 Å². The molecule has 3 N–H and O–H groups in total. The van der Waals surface area contributed by atoms with Crippen LogP contribution in [-0.4, -0.2) is 27.5 Å². The first-order chi connectivity index (χ1) is 9.15. The molecular weight excluding hydrogens is 284 g/mol. The number of amidine groups is 1. The van der Waals surface area contributed by atoms with E-state index in [0.717, 1.165) is 9.79 Å². The number of benzene rings is 1. The summed E-state index contributed by atoms with van der Waals surface area (Å²) in [6.45, 7) is 1.72. The highest BCUT2D eigenvalue weighted by Gasteiger charge is 2.15. The standard InChI is InChI=1S/C11H12N4O2S2/c1-6-13-14-11(17-6)19-8-5-3-4-7(18-2)9(8)10(12)15-16/h3-5,16H,1-2H3,(H2,12,15). The third kappa shape index (κ3) is 3.02. The van der Waals surface area contributed by atoms with Crippen molar-refractivity contribution in [2.75, 3.05) is 6.26 Å². The van der Waals surface area contributed by atoms with Crippen LogP contribution in [0.3, 0.4) is 0 Å². The summed E-state index contributed by atoms with van der Waals surface area (Å²) in [6.07, 6.45) is 1.93. The lowest BCUT2D eigenvalue weighted by molar-refractivity contribution is 0.318. The zero-order valence-corrected chi connectivity index (χ0v) is 12.0. The van der Waals surface area contributed by atoms with Gasteiger partial charge in [-0.1, -0.05) is 11.2 Å². The monoisotopic (exact) mass is 296 g/mol. The summed E-state index contributed by atoms with van der Waals surface area (Å²) in [5.41, 5.74) is 6.40. The van der Waals surface area contributed by atoms with E-state index in [1.165, 1.54) is 23.5 Å². The van der Waals surface area contributed by atoms with Crippen molar-refractivity contribution in [3.05, 3.63) is 29.7 Å². The fourth-order valence-electron chi connectivity index (χ4n) is 1.48. The summed E-state index contributed by atoms with van der Waals surface area (Å²) < 4.78 is 5.32. The van der Waals surface area contributed by atoms with Gasteiger partial charge in [0, 0.05) is 22.3 Å². The first-order valence-corrected chi connectivity index (χ1v) is 7.32. The zero-order valence-electron chi connectivity index (χ0n) is 10.3. The molecule has 1 aromatic heterocycles. The number of aryl methyl sites for hydroxylation is 1. The number of rotatable bonds is 4. The Hall–Kier alpha value is -1.67. The lowest BCUT2D eigenvalue weighted by Crippen LogP contribution is -2.15. The van der Waals surface area contributed by atoms with Crippen LogP contribution in [0, 0.1) is 6.92 Å². The molecule has 0 amide bonds. The average Bonchev–Trinajstić information content (AvgIpc) is 2.83. The van der Waals surface area contributed by atoms with E-state index in [9.17, 15) is 0 Å². The van der Waals surface area contributed by atoms with Crippen LogP contribution in [0.5, 0.6) is 0 Å². The molecule has 0 spiro atoms. The van der Waals surface area contributed by atoms with Crippen molar-refractivity contribution in [1.29, 1.82) is 0 Å². The van der Waals surface area contributed by atoms with E-state index >= 15 is 0 Å². The number of thioether (sulfide) groups is 1. The number of hydrogen-bond donors (Lipinski definition) is 2. The second kappa shape index (κ2) is 5.98. The lowest BCUT2D eigenvalue weighted by Gasteiger charge is -2.10. The molecule has 6 nitrogen and oxygen atoms in total. The highest BCUT2D eigenvalue weighted by Crippen LogP contribution is 2.34. The molecule has 100 valence electrons. The van der Waals surface area contributed by atoms with Gasteiger partial charge in [0.25, 0.3) is 5.22 Å². The van der Waals surface area contributed by atoms with E-state index in [1.54, 1.807) is 6.92 Å². The quantitative estimate of drug-likeness (QED) is 0.294. The molecule has 0 aliphatic carbocycles. The van der Waals surface area contributed by atoms with Crippen LogP contribution in [0.25, 0.3) is 0 Å². The van der Waals surface area contributed by atoms with E-state index in [4.69, 9.17) is 15.4 Å². The Morgan fingerprint density at radius 3 is 2.68 bits per heavy atom. The number of aromatic nitrogens is 2. The third-order valence-corrected chi connectivity index (χ3v) is 3.96. The predicted molar refractivity (Wildman–Crippen MR) is 73.9 cm³/mol. The summed E-state index contributed by atoms with van der Waals surface area (Å²) in [7, 11) is 0. The average molecular weight is 296 g/mol. The molecule has 2 rings (SSSR count). The Kier molecular flexibility index (Phi) is 4.33. The maximum absolute atomic E-state index is 8.90. The van der Waals surface area contributed by atoms with Crippen molar-refractivity contribution in [1.82, 2.24) is 10.2 Å². The van der Waals surface area contributed by atoms with Crippen molar-refractivity contribution in [3.8, 4) is 0 Å². The Labute approximate surface area is 118 Å². The second-order valence-corrected chi connectivity index (χ2v) is 5.35. The molecule has 0 aliphatic rings. The number of nitrogens with two attached hydrogens (primary N) is 1. The minimum Gasteiger partial charge on any atom is -0.416 e. The van der Waals surface area contributed by atoms with Gasteiger partial charge in [-0.15, -0.1) is 22.0 Å². The van der Waals surface area contributed by atoms with Gasteiger partial charge >= 0.3 is 0 Å². The Bertz CT molecular complexity index is 612. The van der Waals surface area contributed by atoms with Crippen molar-refractivity contribution in [3.63, 3.8) is 0 Å². The van der Waals surface area contributed by atoms with Gasteiger partial charge in [-0.05, 0) is 30.2 Å². The number of hydrogen-bond acceptors (Lipinski definition) is 7. The summed E-state index contributed by atoms with van der Waals surface area (Å²) in [4.78, 5) is 1.71. The Morgan fingerprint density at radius 1 is 1.37 bits per heavy atom. The van der Waals surface area contributed by atoms with E-state index in [0.29, 0.717) is 16.7 Å². The van der Waals surface area contributed by atoms with Gasteiger partial charge in [0.05, 0.1) is 0 Å². The molecule has 19 heavy (non-hydrogen) atoms. The maximum atomic E-state index is 8.90. The predicted octanol–water partition coefficient (Wildman–Crippen LogP) is 2.35. The molecule has 0 radical (unpaired) electrons. The second-order valence-electron chi connectivity index (χ2n) is 3.51. The fourth-order valence-corrected chi connectivity index (χ4v) is 3.08. The van der Waals surface area contributed by atoms with Crippen molar-refractivity contribution in [2.24, 2.45) is 10.9 Å². The molecule has 0 saturated carbocycles. The normalized spacial score (nSPS) is 11.8. The first kappa shape index (κ1) is 13.8. The molecule has 8 heteroatoms. The SMILES string of the molecule is CSc1cccc(Sc2nnc(C)o2)c1/C(N)=N/O. The van der Waals surface area contributed by atoms with E-state index in [-0.39, 0.29) is 5.84 Å². The molecule has 0 bridgehead atoms. The third-order valence-electron chi connectivity index (χ3n) is 2.28. The summed E-state index contributed by atoms with van der Waals surface area (Å²) in [5, 5.41) is 20.1. The van der Waals surface area contributed by atoms with Crippen LogP contribution in [0.1, 0.15) is 11.5 Å². The van der Waals surface area contributed by atoms with Gasteiger partial charge in [-0.25, -0.2) is 0 Å². The molecule has 1 heterocycles. The van der Waals surface area contributed by atoms with Crippen LogP contribution < -0.4 is 5.73 Å². The topological polar surface area (TPSA) is 97.5 Å². The molecule has 2 aromatic rings. The van der Waals surface area contributed by atoms with Gasteiger partial charge in [-0.3, -0.25) is 0 Å². The van der Waals surface area contributed by atoms with E-state index in [1.807, 2.05) is 24.5 Å². The van der Waals surface area contributed by atoms with Gasteiger partial charge in [0.15, 0.2) is 5.84 Å². The molecule has 0 aliphatic heterocycles. The van der Waals surface area contributed by atoms with Gasteiger partial charge < -0.3 is 15.4 Å². The fraction of sp³-hybridized carbons (Fsp3) is 0.182. The Balaban J connectivity index is 2.44. The summed E-state index contributed by atoms with van der Waals surface area (Å²) >= 11 is 2.80. The van der Waals surface area contributed by atoms with E-state index < -0.39 is 0 Å². The molecule has 0 fully saturated rings. The van der Waals surface area contributed by atoms with E-state index in [2.05, 4.69) is 15.4 Å². The maximum Gasteiger partial charge on any atom is 0.281 e. The molecule has 0 atom stereocenters. The smallest absolute Gasteiger partial charge is 0.281 e. The van der Waals surface area contributed by atoms with Crippen molar-refractivity contribution >= 4 is 29.4 Å². The van der Waals surface area contributed by atoms with Crippen LogP contribution in [0.4, 0.5) is 0 Å². The summed E-state index contributed by atoms with van der Waals surface area (Å²) in [6, 6.07) is 5.66. The van der Waals surface area contributed by atoms with Gasteiger partial charge in [-0.2, -0.15) is 0 Å². The molecule has 0 saturated heterocycles. The summed E-state index contributed by atoms with van der Waals surface area (Å²) in [5.74, 6) is 0.553. The molecule has 1 aromatic carbocycles. The van der Waals surface area contributed by atoms with Crippen molar-refractivity contribution in [2.45, 2.75) is 21.9 Å². The van der Waals surface area contributed by atoms with Gasteiger partial charge in [0.1, 0.15) is 0 Å². The minimum absolute atomic E-state index is 0.0590. The Morgan fingerprint density at radius 2 is 2.11 bits per heavy atom. The number of oxime groups is 1. The number of nitrogens with zero attached hydrogens (tertiary/aromatic N) is 3. The van der Waals surface area contributed by atoms with Crippen LogP contribution in [0.15, 0.2) is 42.8 Å². The molecule has 0 unspecified atom stereocenters. The first-order valence-electron chi connectivity index (χ1n) is 5.28. The largest absolute Gasteiger partial charge is 0.416 e. The highest BCUT2D eigenvalue weighted by molar-refractivity contribution is 7.99.